The van der Waals surface area contributed by atoms with Gasteiger partial charge in [-0.15, -0.1) is 5.10 Å². The van der Waals surface area contributed by atoms with E-state index in [1.807, 2.05) is 35.0 Å². The lowest BCUT2D eigenvalue weighted by atomic mass is 10.1. The van der Waals surface area contributed by atoms with Crippen LogP contribution < -0.4 is 4.74 Å². The summed E-state index contributed by atoms with van der Waals surface area (Å²) < 4.78 is 7.54. The van der Waals surface area contributed by atoms with E-state index in [2.05, 4.69) is 23.3 Å². The van der Waals surface area contributed by atoms with Crippen molar-refractivity contribution in [2.24, 2.45) is 0 Å². The smallest absolute Gasteiger partial charge is 0.185 e. The van der Waals surface area contributed by atoms with E-state index in [9.17, 15) is 0 Å². The molecule has 0 radical (unpaired) electrons. The minimum Gasteiger partial charge on any atom is -0.494 e. The van der Waals surface area contributed by atoms with E-state index >= 15 is 0 Å². The number of ether oxygens (including phenoxy) is 1. The summed E-state index contributed by atoms with van der Waals surface area (Å²) in [7, 11) is 0. The van der Waals surface area contributed by atoms with E-state index in [1.54, 1.807) is 0 Å². The molecule has 0 atom stereocenters. The molecule has 2 rings (SSSR count). The van der Waals surface area contributed by atoms with Crippen LogP contribution in [0.3, 0.4) is 0 Å². The van der Waals surface area contributed by atoms with Crippen LogP contribution in [-0.2, 0) is 13.0 Å². The average molecular weight is 298 g/mol. The average Bonchev–Trinajstić information content (AvgIpc) is 2.95. The first-order valence-electron chi connectivity index (χ1n) is 7.85. The van der Waals surface area contributed by atoms with Gasteiger partial charge in [0.25, 0.3) is 0 Å². The molecule has 5 heteroatoms. The number of benzene rings is 1. The Morgan fingerprint density at radius 1 is 1.18 bits per heavy atom. The zero-order valence-corrected chi connectivity index (χ0v) is 13.0. The van der Waals surface area contributed by atoms with E-state index in [1.165, 1.54) is 0 Å². The van der Waals surface area contributed by atoms with Crippen LogP contribution >= 0.6 is 0 Å². The van der Waals surface area contributed by atoms with Gasteiger partial charge in [0.2, 0.25) is 0 Å². The molecule has 116 valence electrons. The number of hydrogen-bond acceptors (Lipinski definition) is 4. The van der Waals surface area contributed by atoms with Crippen molar-refractivity contribution >= 4 is 0 Å². The van der Waals surface area contributed by atoms with E-state index in [0.717, 1.165) is 50.1 Å². The van der Waals surface area contributed by atoms with Crippen LogP contribution in [0.15, 0.2) is 30.3 Å². The molecule has 1 heterocycles. The minimum atomic E-state index is 0.467. The molecule has 0 aliphatic rings. The number of rotatable bonds is 9. The lowest BCUT2D eigenvalue weighted by Crippen LogP contribution is -2.08. The highest BCUT2D eigenvalue weighted by atomic mass is 16.5. The normalized spacial score (nSPS) is 10.4. The Kier molecular flexibility index (Phi) is 6.43. The zero-order valence-electron chi connectivity index (χ0n) is 13.0. The van der Waals surface area contributed by atoms with Gasteiger partial charge in [-0.2, -0.15) is 5.26 Å². The highest BCUT2D eigenvalue weighted by Gasteiger charge is 2.11. The van der Waals surface area contributed by atoms with Crippen LogP contribution in [0, 0.1) is 11.3 Å². The second-order valence-electron chi connectivity index (χ2n) is 5.19. The summed E-state index contributed by atoms with van der Waals surface area (Å²) in [6.45, 7) is 3.61. The van der Waals surface area contributed by atoms with Crippen LogP contribution in [0.2, 0.25) is 0 Å². The first kappa shape index (κ1) is 16.0. The maximum absolute atomic E-state index is 9.08. The predicted octanol–water partition coefficient (Wildman–Crippen LogP) is 3.35. The Balaban J connectivity index is 1.77. The van der Waals surface area contributed by atoms with Crippen molar-refractivity contribution in [2.75, 3.05) is 6.61 Å². The van der Waals surface area contributed by atoms with Gasteiger partial charge >= 0.3 is 0 Å². The van der Waals surface area contributed by atoms with Crippen LogP contribution in [0.4, 0.5) is 0 Å². The molecule has 0 aliphatic heterocycles. The molecule has 1 aromatic heterocycles. The second kappa shape index (κ2) is 8.83. The third-order valence-electron chi connectivity index (χ3n) is 3.49. The van der Waals surface area contributed by atoms with Gasteiger partial charge in [-0.05, 0) is 37.8 Å². The number of nitriles is 1. The van der Waals surface area contributed by atoms with Gasteiger partial charge in [-0.3, -0.25) is 0 Å². The molecule has 0 saturated heterocycles. The van der Waals surface area contributed by atoms with Crippen molar-refractivity contribution in [3.8, 4) is 11.8 Å². The molecule has 1 aromatic carbocycles. The van der Waals surface area contributed by atoms with E-state index in [4.69, 9.17) is 10.00 Å². The lowest BCUT2D eigenvalue weighted by Gasteiger charge is -2.07. The van der Waals surface area contributed by atoms with Crippen LogP contribution in [0.1, 0.15) is 44.0 Å². The Labute approximate surface area is 131 Å². The van der Waals surface area contributed by atoms with Gasteiger partial charge in [0.05, 0.1) is 12.3 Å². The minimum absolute atomic E-state index is 0.467. The number of aryl methyl sites for hydroxylation is 1. The Morgan fingerprint density at radius 3 is 2.73 bits per heavy atom. The van der Waals surface area contributed by atoms with Crippen LogP contribution in [-0.4, -0.2) is 21.6 Å². The quantitative estimate of drug-likeness (QED) is 0.666. The Morgan fingerprint density at radius 2 is 2.00 bits per heavy atom. The third-order valence-corrected chi connectivity index (χ3v) is 3.49. The summed E-state index contributed by atoms with van der Waals surface area (Å²) in [5.74, 6) is 0.902. The molecule has 22 heavy (non-hydrogen) atoms. The summed E-state index contributed by atoms with van der Waals surface area (Å²) in [4.78, 5) is 0. The van der Waals surface area contributed by atoms with Crippen molar-refractivity contribution in [1.29, 1.82) is 5.26 Å². The van der Waals surface area contributed by atoms with Crippen molar-refractivity contribution in [3.05, 3.63) is 41.7 Å². The third kappa shape index (κ3) is 4.59. The number of para-hydroxylation sites is 1. The lowest BCUT2D eigenvalue weighted by molar-refractivity contribution is 0.301. The summed E-state index contributed by atoms with van der Waals surface area (Å²) in [5, 5.41) is 17.1. The summed E-state index contributed by atoms with van der Waals surface area (Å²) in [6.07, 6.45) is 4.93. The van der Waals surface area contributed by atoms with Crippen molar-refractivity contribution in [2.45, 2.75) is 45.6 Å². The molecule has 0 bridgehead atoms. The van der Waals surface area contributed by atoms with Gasteiger partial charge in [0.15, 0.2) is 5.69 Å². The molecule has 5 nitrogen and oxygen atoms in total. The van der Waals surface area contributed by atoms with Gasteiger partial charge in [-0.1, -0.05) is 36.8 Å². The maximum Gasteiger partial charge on any atom is 0.185 e. The van der Waals surface area contributed by atoms with Gasteiger partial charge in [-0.25, -0.2) is 4.68 Å². The largest absolute Gasteiger partial charge is 0.494 e. The van der Waals surface area contributed by atoms with Crippen LogP contribution in [0.5, 0.6) is 5.75 Å². The number of unbranched alkanes of at least 4 members (excludes halogenated alkanes) is 2. The predicted molar refractivity (Wildman–Crippen MR) is 84.5 cm³/mol. The van der Waals surface area contributed by atoms with E-state index in [-0.39, 0.29) is 0 Å². The molecule has 0 amide bonds. The van der Waals surface area contributed by atoms with Crippen molar-refractivity contribution in [3.63, 3.8) is 0 Å². The van der Waals surface area contributed by atoms with Gasteiger partial charge < -0.3 is 4.74 Å². The molecule has 0 unspecified atom stereocenters. The summed E-state index contributed by atoms with van der Waals surface area (Å²) in [5.41, 5.74) is 1.43. The first-order valence-corrected chi connectivity index (χ1v) is 7.85. The molecule has 0 spiro atoms. The number of hydrogen-bond donors (Lipinski definition) is 0. The fraction of sp³-hybridized carbons (Fsp3) is 0.471. The molecule has 0 aliphatic carbocycles. The zero-order chi connectivity index (χ0) is 15.6. The van der Waals surface area contributed by atoms with Gasteiger partial charge in [0.1, 0.15) is 11.8 Å². The Bertz CT molecular complexity index is 601. The van der Waals surface area contributed by atoms with E-state index < -0.39 is 0 Å². The first-order chi connectivity index (χ1) is 10.8. The SMILES string of the molecule is CCCCc1c(C#N)nnn1CCCCOc1ccccc1. The highest BCUT2D eigenvalue weighted by molar-refractivity contribution is 5.24. The van der Waals surface area contributed by atoms with Gasteiger partial charge in [0, 0.05) is 6.54 Å². The fourth-order valence-electron chi connectivity index (χ4n) is 2.26. The maximum atomic E-state index is 9.08. The summed E-state index contributed by atoms with van der Waals surface area (Å²) in [6, 6.07) is 12.0. The van der Waals surface area contributed by atoms with E-state index in [0.29, 0.717) is 12.3 Å². The second-order valence-corrected chi connectivity index (χ2v) is 5.19. The fourth-order valence-corrected chi connectivity index (χ4v) is 2.26. The van der Waals surface area contributed by atoms with Crippen LogP contribution in [0.25, 0.3) is 0 Å². The molecular weight excluding hydrogens is 276 g/mol. The molecule has 2 aromatic rings. The topological polar surface area (TPSA) is 63.7 Å². The monoisotopic (exact) mass is 298 g/mol. The number of nitrogens with zero attached hydrogens (tertiary/aromatic N) is 4. The molecular formula is C17H22N4O. The Hall–Kier alpha value is -2.35. The number of aromatic nitrogens is 3. The molecule has 0 fully saturated rings. The van der Waals surface area contributed by atoms with Crippen molar-refractivity contribution in [1.82, 2.24) is 15.0 Å². The standard InChI is InChI=1S/C17H22N4O/c1-2-3-11-17-16(14-18)19-20-21(17)12-7-8-13-22-15-9-5-4-6-10-15/h4-6,9-10H,2-3,7-8,11-13H2,1H3. The summed E-state index contributed by atoms with van der Waals surface area (Å²) >= 11 is 0. The molecule has 0 saturated carbocycles. The molecule has 0 N–H and O–H groups in total. The highest BCUT2D eigenvalue weighted by Crippen LogP contribution is 2.11. The van der Waals surface area contributed by atoms with Crippen molar-refractivity contribution < 1.29 is 4.74 Å².